The molecule has 0 radical (unpaired) electrons. The number of aromatic nitrogens is 2. The van der Waals surface area contributed by atoms with E-state index in [0.29, 0.717) is 31.0 Å². The van der Waals surface area contributed by atoms with Gasteiger partial charge in [-0.3, -0.25) is 30.6 Å². The zero-order valence-corrected chi connectivity index (χ0v) is 16.9. The summed E-state index contributed by atoms with van der Waals surface area (Å²) in [5.74, 6) is -2.21. The lowest BCUT2D eigenvalue weighted by atomic mass is 9.97. The van der Waals surface area contributed by atoms with Crippen molar-refractivity contribution in [1.29, 1.82) is 0 Å². The lowest BCUT2D eigenvalue weighted by Crippen LogP contribution is -2.37. The predicted molar refractivity (Wildman–Crippen MR) is 109 cm³/mol. The highest BCUT2D eigenvalue weighted by atomic mass is 35.5. The van der Waals surface area contributed by atoms with Crippen LogP contribution in [0.3, 0.4) is 0 Å². The van der Waals surface area contributed by atoms with Crippen LogP contribution in [0.25, 0.3) is 0 Å². The average molecular weight is 455 g/mol. The van der Waals surface area contributed by atoms with Crippen LogP contribution >= 0.6 is 23.2 Å². The molecule has 0 saturated carbocycles. The number of piperidine rings is 1. The van der Waals surface area contributed by atoms with Crippen LogP contribution in [0.15, 0.2) is 24.5 Å². The molecule has 1 amide bonds. The molecular weight excluding hydrogens is 439 g/mol. The van der Waals surface area contributed by atoms with Gasteiger partial charge in [0.25, 0.3) is 5.91 Å². The minimum atomic E-state index is -0.891. The Bertz CT molecular complexity index is 997. The molecule has 3 N–H and O–H groups in total. The highest BCUT2D eigenvalue weighted by Crippen LogP contribution is 2.33. The molecule has 13 heteroatoms. The van der Waals surface area contributed by atoms with Gasteiger partial charge >= 0.3 is 11.7 Å². The van der Waals surface area contributed by atoms with Crippen LogP contribution in [0.5, 0.6) is 0 Å². The molecule has 11 nitrogen and oxygen atoms in total. The van der Waals surface area contributed by atoms with Crippen LogP contribution < -0.4 is 15.8 Å². The van der Waals surface area contributed by atoms with E-state index in [-0.39, 0.29) is 22.2 Å². The molecule has 158 valence electrons. The molecule has 1 aliphatic rings. The SMILES string of the molecule is O=C(NNc1ncnc(N2CCC(C(=O)O)CC2)c1[N+](=O)[O-])c1ccc(Cl)cc1Cl. The Morgan fingerprint density at radius 3 is 2.53 bits per heavy atom. The van der Waals surface area contributed by atoms with Crippen LogP contribution in [0.4, 0.5) is 17.3 Å². The summed E-state index contributed by atoms with van der Waals surface area (Å²) in [6.45, 7) is 0.585. The van der Waals surface area contributed by atoms with Crippen molar-refractivity contribution in [3.8, 4) is 0 Å². The molecule has 1 saturated heterocycles. The van der Waals surface area contributed by atoms with Crippen LogP contribution in [-0.2, 0) is 4.79 Å². The number of aliphatic carboxylic acids is 1. The van der Waals surface area contributed by atoms with Crippen molar-refractivity contribution in [1.82, 2.24) is 15.4 Å². The van der Waals surface area contributed by atoms with Crippen LogP contribution in [0.2, 0.25) is 10.0 Å². The van der Waals surface area contributed by atoms with Gasteiger partial charge in [-0.15, -0.1) is 0 Å². The molecule has 1 aromatic carbocycles. The molecule has 0 bridgehead atoms. The predicted octanol–water partition coefficient (Wildman–Crippen LogP) is 2.75. The molecule has 1 aromatic heterocycles. The molecule has 0 aliphatic carbocycles. The summed E-state index contributed by atoms with van der Waals surface area (Å²) in [5, 5.41) is 21.3. The first kappa shape index (κ1) is 21.5. The van der Waals surface area contributed by atoms with E-state index in [1.807, 2.05) is 0 Å². The number of hydrazine groups is 1. The zero-order chi connectivity index (χ0) is 21.8. The minimum Gasteiger partial charge on any atom is -0.481 e. The maximum atomic E-state index is 12.3. The summed E-state index contributed by atoms with van der Waals surface area (Å²) in [6, 6.07) is 4.28. The molecule has 1 fully saturated rings. The number of hydrogen-bond donors (Lipinski definition) is 3. The largest absolute Gasteiger partial charge is 0.481 e. The number of anilines is 2. The van der Waals surface area contributed by atoms with Crippen LogP contribution in [0.1, 0.15) is 23.2 Å². The molecule has 0 atom stereocenters. The number of nitro groups is 1. The number of amides is 1. The van der Waals surface area contributed by atoms with Gasteiger partial charge in [0.05, 0.1) is 21.4 Å². The summed E-state index contributed by atoms with van der Waals surface area (Å²) in [6.07, 6.45) is 1.80. The average Bonchev–Trinajstić information content (AvgIpc) is 2.71. The molecular formula is C17H16Cl2N6O5. The highest BCUT2D eigenvalue weighted by molar-refractivity contribution is 6.36. The van der Waals surface area contributed by atoms with Crippen molar-refractivity contribution in [3.05, 3.63) is 50.2 Å². The molecule has 0 unspecified atom stereocenters. The zero-order valence-electron chi connectivity index (χ0n) is 15.3. The number of carbonyl (C=O) groups is 2. The van der Waals surface area contributed by atoms with Gasteiger partial charge in [0.15, 0.2) is 0 Å². The lowest BCUT2D eigenvalue weighted by Gasteiger charge is -2.30. The van der Waals surface area contributed by atoms with E-state index in [0.717, 1.165) is 6.33 Å². The fourth-order valence-corrected chi connectivity index (χ4v) is 3.55. The third-order valence-electron chi connectivity index (χ3n) is 4.60. The van der Waals surface area contributed by atoms with Gasteiger partial charge in [0.1, 0.15) is 6.33 Å². The molecule has 2 aromatic rings. The quantitative estimate of drug-likeness (QED) is 0.441. The first-order valence-electron chi connectivity index (χ1n) is 8.76. The van der Waals surface area contributed by atoms with E-state index in [1.54, 1.807) is 4.90 Å². The number of hydrogen-bond acceptors (Lipinski definition) is 8. The minimum absolute atomic E-state index is 0.0418. The van der Waals surface area contributed by atoms with Gasteiger partial charge in [0, 0.05) is 18.1 Å². The number of benzene rings is 1. The number of carbonyl (C=O) groups excluding carboxylic acids is 1. The number of carboxylic acid groups (broad SMARTS) is 1. The van der Waals surface area contributed by atoms with Crippen molar-refractivity contribution >= 4 is 52.4 Å². The van der Waals surface area contributed by atoms with E-state index in [1.165, 1.54) is 18.2 Å². The first-order valence-corrected chi connectivity index (χ1v) is 9.52. The van der Waals surface area contributed by atoms with Crippen molar-refractivity contribution < 1.29 is 19.6 Å². The number of halogens is 2. The monoisotopic (exact) mass is 454 g/mol. The van der Waals surface area contributed by atoms with Gasteiger partial charge < -0.3 is 10.0 Å². The van der Waals surface area contributed by atoms with Crippen molar-refractivity contribution in [2.75, 3.05) is 23.4 Å². The Hall–Kier alpha value is -3.18. The summed E-state index contributed by atoms with van der Waals surface area (Å²) in [5.41, 5.74) is 4.43. The van der Waals surface area contributed by atoms with E-state index < -0.39 is 28.4 Å². The lowest BCUT2D eigenvalue weighted by molar-refractivity contribution is -0.383. The second-order valence-electron chi connectivity index (χ2n) is 6.45. The van der Waals surface area contributed by atoms with Gasteiger partial charge in [-0.05, 0) is 31.0 Å². The normalized spacial score (nSPS) is 14.3. The summed E-state index contributed by atoms with van der Waals surface area (Å²) in [4.78, 5) is 43.9. The van der Waals surface area contributed by atoms with Crippen LogP contribution in [-0.4, -0.2) is 45.0 Å². The molecule has 3 rings (SSSR count). The van der Waals surface area contributed by atoms with Gasteiger partial charge in [-0.2, -0.15) is 0 Å². The number of rotatable bonds is 6. The number of carboxylic acids is 1. The van der Waals surface area contributed by atoms with Crippen molar-refractivity contribution in [2.24, 2.45) is 5.92 Å². The number of nitrogens with zero attached hydrogens (tertiary/aromatic N) is 4. The van der Waals surface area contributed by atoms with E-state index in [9.17, 15) is 19.7 Å². The number of nitrogens with one attached hydrogen (secondary N) is 2. The van der Waals surface area contributed by atoms with Gasteiger partial charge in [0.2, 0.25) is 11.6 Å². The fourth-order valence-electron chi connectivity index (χ4n) is 3.06. The summed E-state index contributed by atoms with van der Waals surface area (Å²) < 4.78 is 0. The molecule has 2 heterocycles. The summed E-state index contributed by atoms with van der Waals surface area (Å²) >= 11 is 11.8. The maximum Gasteiger partial charge on any atom is 0.355 e. The summed E-state index contributed by atoms with van der Waals surface area (Å²) in [7, 11) is 0. The third kappa shape index (κ3) is 4.69. The van der Waals surface area contributed by atoms with Crippen LogP contribution in [0, 0.1) is 16.0 Å². The van der Waals surface area contributed by atoms with Crippen molar-refractivity contribution in [2.45, 2.75) is 12.8 Å². The Kier molecular flexibility index (Phi) is 6.53. The van der Waals surface area contributed by atoms with E-state index in [4.69, 9.17) is 28.3 Å². The maximum absolute atomic E-state index is 12.3. The second kappa shape index (κ2) is 9.09. The Morgan fingerprint density at radius 2 is 1.93 bits per heavy atom. The topological polar surface area (TPSA) is 151 Å². The molecule has 0 spiro atoms. The Morgan fingerprint density at radius 1 is 1.23 bits per heavy atom. The first-order chi connectivity index (χ1) is 14.3. The molecule has 30 heavy (non-hydrogen) atoms. The Balaban J connectivity index is 1.79. The van der Waals surface area contributed by atoms with Gasteiger partial charge in [-0.1, -0.05) is 23.2 Å². The van der Waals surface area contributed by atoms with Crippen molar-refractivity contribution in [3.63, 3.8) is 0 Å². The van der Waals surface area contributed by atoms with E-state index >= 15 is 0 Å². The third-order valence-corrected chi connectivity index (χ3v) is 5.15. The smallest absolute Gasteiger partial charge is 0.355 e. The highest BCUT2D eigenvalue weighted by Gasteiger charge is 2.31. The molecule has 1 aliphatic heterocycles. The van der Waals surface area contributed by atoms with Gasteiger partial charge in [-0.25, -0.2) is 9.97 Å². The Labute approximate surface area is 180 Å². The second-order valence-corrected chi connectivity index (χ2v) is 7.30. The standard InChI is InChI=1S/C17H16Cl2N6O5/c18-10-1-2-11(12(19)7-10)16(26)23-22-14-13(25(29)30)15(21-8-20-14)24-5-3-9(4-6-24)17(27)28/h1-2,7-9H,3-6H2,(H,23,26)(H,27,28)(H,20,21,22). The van der Waals surface area contributed by atoms with E-state index in [2.05, 4.69) is 20.8 Å². The fraction of sp³-hybridized carbons (Fsp3) is 0.294.